The summed E-state index contributed by atoms with van der Waals surface area (Å²) < 4.78 is 0. The fraction of sp³-hybridized carbons (Fsp3) is 0.353. The zero-order chi connectivity index (χ0) is 15.6. The van der Waals surface area contributed by atoms with E-state index in [1.165, 1.54) is 0 Å². The first-order chi connectivity index (χ1) is 10.7. The lowest BCUT2D eigenvalue weighted by atomic mass is 10.2. The van der Waals surface area contributed by atoms with Gasteiger partial charge in [0.1, 0.15) is 0 Å². The Labute approximate surface area is 130 Å². The Morgan fingerprint density at radius 1 is 0.909 bits per heavy atom. The average Bonchev–Trinajstić information content (AvgIpc) is 2.56. The van der Waals surface area contributed by atoms with Crippen LogP contribution in [0.25, 0.3) is 0 Å². The van der Waals surface area contributed by atoms with E-state index >= 15 is 0 Å². The van der Waals surface area contributed by atoms with E-state index in [0.29, 0.717) is 6.54 Å². The van der Waals surface area contributed by atoms with Gasteiger partial charge in [-0.15, -0.1) is 0 Å². The molecule has 1 N–H and O–H groups in total. The van der Waals surface area contributed by atoms with E-state index in [4.69, 9.17) is 5.11 Å². The van der Waals surface area contributed by atoms with Crippen LogP contribution in [0.4, 0.5) is 0 Å². The summed E-state index contributed by atoms with van der Waals surface area (Å²) >= 11 is 0. The average molecular weight is 299 g/mol. The summed E-state index contributed by atoms with van der Waals surface area (Å²) in [5, 5.41) is 8.88. The summed E-state index contributed by atoms with van der Waals surface area (Å²) in [5.41, 5.74) is 2.06. The maximum absolute atomic E-state index is 10.8. The number of aliphatic carboxylic acids is 1. The van der Waals surface area contributed by atoms with Crippen molar-refractivity contribution in [2.24, 2.45) is 0 Å². The molecule has 5 heteroatoms. The smallest absolute Gasteiger partial charge is 0.304 e. The van der Waals surface area contributed by atoms with Gasteiger partial charge in [-0.3, -0.25) is 14.8 Å². The molecular formula is C17H21N3O2. The van der Waals surface area contributed by atoms with Crippen molar-refractivity contribution in [2.45, 2.75) is 19.3 Å². The molecule has 2 aromatic rings. The third-order valence-corrected chi connectivity index (χ3v) is 3.46. The van der Waals surface area contributed by atoms with Crippen molar-refractivity contribution >= 4 is 5.97 Å². The Morgan fingerprint density at radius 3 is 1.86 bits per heavy atom. The van der Waals surface area contributed by atoms with Crippen LogP contribution in [0.15, 0.2) is 48.8 Å². The van der Waals surface area contributed by atoms with Crippen molar-refractivity contribution in [1.29, 1.82) is 0 Å². The number of carboxylic acid groups (broad SMARTS) is 1. The highest BCUT2D eigenvalue weighted by molar-refractivity contribution is 5.66. The van der Waals surface area contributed by atoms with Crippen LogP contribution in [0.2, 0.25) is 0 Å². The van der Waals surface area contributed by atoms with E-state index in [2.05, 4.69) is 14.9 Å². The Kier molecular flexibility index (Phi) is 6.51. The van der Waals surface area contributed by atoms with E-state index in [-0.39, 0.29) is 6.42 Å². The number of carbonyl (C=O) groups is 1. The van der Waals surface area contributed by atoms with Gasteiger partial charge in [-0.1, -0.05) is 12.1 Å². The molecule has 5 nitrogen and oxygen atoms in total. The summed E-state index contributed by atoms with van der Waals surface area (Å²) in [5.74, 6) is -0.763. The number of carboxylic acids is 1. The highest BCUT2D eigenvalue weighted by Gasteiger charge is 2.09. The predicted molar refractivity (Wildman–Crippen MR) is 84.6 cm³/mol. The predicted octanol–water partition coefficient (Wildman–Crippen LogP) is 2.04. The lowest BCUT2D eigenvalue weighted by Crippen LogP contribution is -2.31. The highest BCUT2D eigenvalue weighted by atomic mass is 16.4. The third kappa shape index (κ3) is 6.01. The summed E-state index contributed by atoms with van der Waals surface area (Å²) in [6.07, 6.45) is 5.37. The number of rotatable bonds is 9. The number of pyridine rings is 2. The van der Waals surface area contributed by atoms with Gasteiger partial charge in [-0.2, -0.15) is 0 Å². The van der Waals surface area contributed by atoms with Crippen molar-refractivity contribution in [3.63, 3.8) is 0 Å². The van der Waals surface area contributed by atoms with Crippen LogP contribution >= 0.6 is 0 Å². The first-order valence-corrected chi connectivity index (χ1v) is 7.48. The molecule has 22 heavy (non-hydrogen) atoms. The molecule has 2 aromatic heterocycles. The molecule has 0 unspecified atom stereocenters. The minimum absolute atomic E-state index is 0.157. The van der Waals surface area contributed by atoms with Gasteiger partial charge in [0.05, 0.1) is 6.42 Å². The Balaban J connectivity index is 1.86. The van der Waals surface area contributed by atoms with E-state index < -0.39 is 5.97 Å². The Bertz CT molecular complexity index is 517. The van der Waals surface area contributed by atoms with E-state index in [1.54, 1.807) is 12.4 Å². The second-order valence-corrected chi connectivity index (χ2v) is 5.13. The lowest BCUT2D eigenvalue weighted by molar-refractivity contribution is -0.137. The monoisotopic (exact) mass is 299 g/mol. The van der Waals surface area contributed by atoms with Crippen LogP contribution < -0.4 is 0 Å². The standard InChI is InChI=1S/C17H21N3O2/c21-17(22)9-14-20(12-7-15-5-1-3-10-18-15)13-8-16-6-2-4-11-19-16/h1-6,10-11H,7-9,12-14H2,(H,21,22). The quantitative estimate of drug-likeness (QED) is 0.767. The van der Waals surface area contributed by atoms with E-state index in [9.17, 15) is 4.79 Å². The number of nitrogens with zero attached hydrogens (tertiary/aromatic N) is 3. The second kappa shape index (κ2) is 8.89. The number of hydrogen-bond acceptors (Lipinski definition) is 4. The maximum Gasteiger partial charge on any atom is 0.304 e. The molecule has 0 amide bonds. The molecule has 0 radical (unpaired) electrons. The Morgan fingerprint density at radius 2 is 1.45 bits per heavy atom. The molecule has 0 aliphatic carbocycles. The molecule has 0 fully saturated rings. The summed E-state index contributed by atoms with van der Waals surface area (Å²) in [6, 6.07) is 11.7. The van der Waals surface area contributed by atoms with Crippen LogP contribution in [0.3, 0.4) is 0 Å². The zero-order valence-corrected chi connectivity index (χ0v) is 12.6. The van der Waals surface area contributed by atoms with Gasteiger partial charge >= 0.3 is 5.97 Å². The summed E-state index contributed by atoms with van der Waals surface area (Å²) in [7, 11) is 0. The fourth-order valence-corrected chi connectivity index (χ4v) is 2.23. The molecule has 2 heterocycles. The zero-order valence-electron chi connectivity index (χ0n) is 12.6. The molecule has 0 atom stereocenters. The van der Waals surface area contributed by atoms with Crippen molar-refractivity contribution in [3.05, 3.63) is 60.2 Å². The minimum atomic E-state index is -0.763. The first-order valence-electron chi connectivity index (χ1n) is 7.48. The van der Waals surface area contributed by atoms with Gasteiger partial charge in [-0.25, -0.2) is 0 Å². The molecule has 2 rings (SSSR count). The minimum Gasteiger partial charge on any atom is -0.481 e. The topological polar surface area (TPSA) is 66.3 Å². The molecule has 0 saturated carbocycles. The fourth-order valence-electron chi connectivity index (χ4n) is 2.23. The second-order valence-electron chi connectivity index (χ2n) is 5.13. The van der Waals surface area contributed by atoms with Gasteiger partial charge in [0.2, 0.25) is 0 Å². The van der Waals surface area contributed by atoms with Crippen LogP contribution in [0, 0.1) is 0 Å². The number of aromatic nitrogens is 2. The van der Waals surface area contributed by atoms with Crippen molar-refractivity contribution in [2.75, 3.05) is 19.6 Å². The van der Waals surface area contributed by atoms with E-state index in [0.717, 1.165) is 37.3 Å². The number of hydrogen-bond donors (Lipinski definition) is 1. The van der Waals surface area contributed by atoms with Gasteiger partial charge < -0.3 is 10.0 Å². The van der Waals surface area contributed by atoms with Gasteiger partial charge in [-0.05, 0) is 24.3 Å². The molecule has 0 aliphatic rings. The van der Waals surface area contributed by atoms with E-state index in [1.807, 2.05) is 36.4 Å². The summed E-state index contributed by atoms with van der Waals surface area (Å²) in [4.78, 5) is 21.6. The van der Waals surface area contributed by atoms with Gasteiger partial charge in [0.25, 0.3) is 0 Å². The summed E-state index contributed by atoms with van der Waals surface area (Å²) in [6.45, 7) is 2.16. The van der Waals surface area contributed by atoms with Crippen LogP contribution in [-0.4, -0.2) is 45.6 Å². The highest BCUT2D eigenvalue weighted by Crippen LogP contribution is 2.02. The normalized spacial score (nSPS) is 10.8. The third-order valence-electron chi connectivity index (χ3n) is 3.46. The largest absolute Gasteiger partial charge is 0.481 e. The van der Waals surface area contributed by atoms with Crippen LogP contribution in [-0.2, 0) is 17.6 Å². The molecule has 0 spiro atoms. The molecule has 0 saturated heterocycles. The molecule has 0 aromatic carbocycles. The van der Waals surface area contributed by atoms with Gasteiger partial charge in [0.15, 0.2) is 0 Å². The van der Waals surface area contributed by atoms with Crippen LogP contribution in [0.5, 0.6) is 0 Å². The molecular weight excluding hydrogens is 278 g/mol. The maximum atomic E-state index is 10.8. The molecule has 0 aliphatic heterocycles. The van der Waals surface area contributed by atoms with Crippen molar-refractivity contribution < 1.29 is 9.90 Å². The van der Waals surface area contributed by atoms with Crippen molar-refractivity contribution in [1.82, 2.24) is 14.9 Å². The molecule has 116 valence electrons. The SMILES string of the molecule is O=C(O)CCN(CCc1ccccn1)CCc1ccccn1. The van der Waals surface area contributed by atoms with Crippen molar-refractivity contribution in [3.8, 4) is 0 Å². The van der Waals surface area contributed by atoms with Crippen LogP contribution in [0.1, 0.15) is 17.8 Å². The Hall–Kier alpha value is -2.27. The lowest BCUT2D eigenvalue weighted by Gasteiger charge is -2.21. The molecule has 0 bridgehead atoms. The van der Waals surface area contributed by atoms with Gasteiger partial charge in [0, 0.05) is 56.3 Å². The first kappa shape index (κ1) is 16.1.